The summed E-state index contributed by atoms with van der Waals surface area (Å²) in [6.45, 7) is 6.51. The molecule has 0 saturated heterocycles. The Kier molecular flexibility index (Phi) is 3.56. The Morgan fingerprint density at radius 2 is 2.36 bits per heavy atom. The van der Waals surface area contributed by atoms with Crippen LogP contribution in [0.25, 0.3) is 0 Å². The number of hydrogen-bond donors (Lipinski definition) is 0. The number of allylic oxidation sites excluding steroid dienone is 2. The Bertz CT molecular complexity index is 359. The van der Waals surface area contributed by atoms with Crippen LogP contribution in [0.1, 0.15) is 20.8 Å². The summed E-state index contributed by atoms with van der Waals surface area (Å²) in [5.74, 6) is 0.312. The lowest BCUT2D eigenvalue weighted by Gasteiger charge is -2.00. The molecule has 14 heavy (non-hydrogen) atoms. The van der Waals surface area contributed by atoms with Crippen LogP contribution in [-0.4, -0.2) is 22.2 Å². The number of aromatic nitrogens is 2. The van der Waals surface area contributed by atoms with Crippen LogP contribution in [0.4, 0.5) is 4.39 Å². The molecule has 4 heteroatoms. The minimum Gasteiger partial charge on any atom is -0.267 e. The molecular weight excluding hydrogens is 181 g/mol. The highest BCUT2D eigenvalue weighted by Gasteiger charge is 2.01. The van der Waals surface area contributed by atoms with Crippen molar-refractivity contribution in [2.75, 3.05) is 6.54 Å². The standard InChI is InChI=1S/C10H14FN3/c1-4-12-10(5-8(2)3)14-7-9(11)6-13-14/h5-7H,4H2,1-3H3. The minimum atomic E-state index is -0.351. The quantitative estimate of drug-likeness (QED) is 0.526. The average Bonchev–Trinajstić information content (AvgIpc) is 2.50. The zero-order valence-corrected chi connectivity index (χ0v) is 8.66. The number of nitrogens with zero attached hydrogens (tertiary/aromatic N) is 3. The molecule has 1 aromatic heterocycles. The first kappa shape index (κ1) is 10.6. The van der Waals surface area contributed by atoms with E-state index in [0.29, 0.717) is 12.4 Å². The molecule has 0 N–H and O–H groups in total. The van der Waals surface area contributed by atoms with Crippen LogP contribution in [0.2, 0.25) is 0 Å². The van der Waals surface area contributed by atoms with E-state index in [1.54, 1.807) is 0 Å². The van der Waals surface area contributed by atoms with Crippen molar-refractivity contribution in [3.8, 4) is 0 Å². The van der Waals surface area contributed by atoms with Gasteiger partial charge in [0.05, 0.1) is 12.4 Å². The van der Waals surface area contributed by atoms with Gasteiger partial charge in [-0.15, -0.1) is 0 Å². The molecule has 1 heterocycles. The summed E-state index contributed by atoms with van der Waals surface area (Å²) >= 11 is 0. The molecule has 0 amide bonds. The lowest BCUT2D eigenvalue weighted by Crippen LogP contribution is -2.10. The molecule has 0 atom stereocenters. The number of rotatable bonds is 2. The molecule has 0 bridgehead atoms. The third-order valence-electron chi connectivity index (χ3n) is 1.52. The van der Waals surface area contributed by atoms with Gasteiger partial charge in [0.1, 0.15) is 5.84 Å². The van der Waals surface area contributed by atoms with E-state index < -0.39 is 0 Å². The van der Waals surface area contributed by atoms with E-state index in [4.69, 9.17) is 0 Å². The smallest absolute Gasteiger partial charge is 0.161 e. The predicted molar refractivity (Wildman–Crippen MR) is 55.0 cm³/mol. The van der Waals surface area contributed by atoms with Crippen molar-refractivity contribution in [3.05, 3.63) is 29.9 Å². The second kappa shape index (κ2) is 4.69. The molecule has 0 aromatic carbocycles. The molecular formula is C10H14FN3. The average molecular weight is 195 g/mol. The highest BCUT2D eigenvalue weighted by Crippen LogP contribution is 1.98. The van der Waals surface area contributed by atoms with Gasteiger partial charge in [0, 0.05) is 6.54 Å². The lowest BCUT2D eigenvalue weighted by atomic mass is 10.3. The second-order valence-corrected chi connectivity index (χ2v) is 3.16. The molecule has 0 fully saturated rings. The van der Waals surface area contributed by atoms with Crippen LogP contribution in [-0.2, 0) is 0 Å². The van der Waals surface area contributed by atoms with E-state index in [1.807, 2.05) is 26.8 Å². The van der Waals surface area contributed by atoms with Crippen LogP contribution in [0.15, 0.2) is 29.0 Å². The second-order valence-electron chi connectivity index (χ2n) is 3.16. The molecule has 0 aliphatic carbocycles. The van der Waals surface area contributed by atoms with E-state index in [1.165, 1.54) is 17.1 Å². The molecule has 0 radical (unpaired) electrons. The first-order chi connectivity index (χ1) is 6.63. The van der Waals surface area contributed by atoms with Crippen LogP contribution in [0.3, 0.4) is 0 Å². The predicted octanol–water partition coefficient (Wildman–Crippen LogP) is 2.25. The van der Waals surface area contributed by atoms with Gasteiger partial charge in [0.15, 0.2) is 5.82 Å². The monoisotopic (exact) mass is 195 g/mol. The van der Waals surface area contributed by atoms with E-state index in [2.05, 4.69) is 10.1 Å². The van der Waals surface area contributed by atoms with Crippen molar-refractivity contribution < 1.29 is 4.39 Å². The summed E-state index contributed by atoms with van der Waals surface area (Å²) < 4.78 is 14.1. The van der Waals surface area contributed by atoms with Gasteiger partial charge in [0.2, 0.25) is 0 Å². The van der Waals surface area contributed by atoms with Crippen LogP contribution >= 0.6 is 0 Å². The highest BCUT2D eigenvalue weighted by molar-refractivity contribution is 5.94. The van der Waals surface area contributed by atoms with Crippen LogP contribution in [0, 0.1) is 5.82 Å². The van der Waals surface area contributed by atoms with E-state index in [0.717, 1.165) is 5.57 Å². The van der Waals surface area contributed by atoms with E-state index >= 15 is 0 Å². The lowest BCUT2D eigenvalue weighted by molar-refractivity contribution is 0.627. The fourth-order valence-electron chi connectivity index (χ4n) is 1.03. The zero-order chi connectivity index (χ0) is 10.6. The first-order valence-electron chi connectivity index (χ1n) is 4.53. The van der Waals surface area contributed by atoms with E-state index in [9.17, 15) is 4.39 Å². The molecule has 1 rings (SSSR count). The van der Waals surface area contributed by atoms with Gasteiger partial charge in [0.25, 0.3) is 0 Å². The summed E-state index contributed by atoms with van der Waals surface area (Å²) in [5, 5.41) is 3.85. The fourth-order valence-corrected chi connectivity index (χ4v) is 1.03. The number of halogens is 1. The van der Waals surface area contributed by atoms with Crippen molar-refractivity contribution in [1.29, 1.82) is 0 Å². The summed E-state index contributed by atoms with van der Waals surface area (Å²) in [5.41, 5.74) is 1.10. The van der Waals surface area contributed by atoms with Gasteiger partial charge in [-0.05, 0) is 26.8 Å². The van der Waals surface area contributed by atoms with Crippen molar-refractivity contribution >= 4 is 5.84 Å². The summed E-state index contributed by atoms with van der Waals surface area (Å²) in [7, 11) is 0. The van der Waals surface area contributed by atoms with Crippen molar-refractivity contribution in [2.45, 2.75) is 20.8 Å². The summed E-state index contributed by atoms with van der Waals surface area (Å²) in [6.07, 6.45) is 4.36. The Morgan fingerprint density at radius 1 is 1.64 bits per heavy atom. The molecule has 0 saturated carbocycles. The molecule has 3 nitrogen and oxygen atoms in total. The van der Waals surface area contributed by atoms with Gasteiger partial charge in [-0.3, -0.25) is 4.99 Å². The molecule has 0 unspecified atom stereocenters. The third-order valence-corrected chi connectivity index (χ3v) is 1.52. The Hall–Kier alpha value is -1.45. The Labute approximate surface area is 83.0 Å². The molecule has 0 spiro atoms. The maximum atomic E-state index is 12.7. The molecule has 0 aliphatic rings. The minimum absolute atomic E-state index is 0.351. The number of hydrogen-bond acceptors (Lipinski definition) is 2. The normalized spacial score (nSPS) is 11.6. The number of aliphatic imine (C=N–C) groups is 1. The van der Waals surface area contributed by atoms with Crippen LogP contribution < -0.4 is 0 Å². The highest BCUT2D eigenvalue weighted by atomic mass is 19.1. The third kappa shape index (κ3) is 2.80. The molecule has 1 aromatic rings. The largest absolute Gasteiger partial charge is 0.267 e. The maximum Gasteiger partial charge on any atom is 0.161 e. The fraction of sp³-hybridized carbons (Fsp3) is 0.400. The summed E-state index contributed by atoms with van der Waals surface area (Å²) in [4.78, 5) is 4.22. The maximum absolute atomic E-state index is 12.7. The SMILES string of the molecule is CCN=C(C=C(C)C)n1cc(F)cn1. The van der Waals surface area contributed by atoms with Crippen molar-refractivity contribution in [1.82, 2.24) is 9.78 Å². The van der Waals surface area contributed by atoms with Crippen LogP contribution in [0.5, 0.6) is 0 Å². The van der Waals surface area contributed by atoms with Gasteiger partial charge in [-0.25, -0.2) is 9.07 Å². The van der Waals surface area contributed by atoms with E-state index in [-0.39, 0.29) is 5.82 Å². The molecule has 76 valence electrons. The Balaban J connectivity index is 3.01. The molecule has 0 aliphatic heterocycles. The van der Waals surface area contributed by atoms with Gasteiger partial charge >= 0.3 is 0 Å². The Morgan fingerprint density at radius 3 is 2.79 bits per heavy atom. The summed E-state index contributed by atoms with van der Waals surface area (Å²) in [6, 6.07) is 0. The topological polar surface area (TPSA) is 30.2 Å². The van der Waals surface area contributed by atoms with Crippen molar-refractivity contribution in [3.63, 3.8) is 0 Å². The van der Waals surface area contributed by atoms with Gasteiger partial charge < -0.3 is 0 Å². The zero-order valence-electron chi connectivity index (χ0n) is 8.66. The first-order valence-corrected chi connectivity index (χ1v) is 4.53. The van der Waals surface area contributed by atoms with Gasteiger partial charge in [-0.2, -0.15) is 5.10 Å². The van der Waals surface area contributed by atoms with Crippen molar-refractivity contribution in [2.24, 2.45) is 4.99 Å². The van der Waals surface area contributed by atoms with Gasteiger partial charge in [-0.1, -0.05) is 5.57 Å².